The predicted molar refractivity (Wildman–Crippen MR) is 108 cm³/mol. The van der Waals surface area contributed by atoms with Crippen LogP contribution in [0.4, 0.5) is 0 Å². The summed E-state index contributed by atoms with van der Waals surface area (Å²) < 4.78 is 0. The largest absolute Gasteiger partial charge is 0.342 e. The molecule has 3 aliphatic heterocycles. The first kappa shape index (κ1) is 20.2. The number of piperidine rings is 1. The van der Waals surface area contributed by atoms with Crippen LogP contribution in [0.2, 0.25) is 0 Å². The molecular formula is C21H30ClN3O2. The monoisotopic (exact) mass is 391 g/mol. The molecule has 1 aromatic carbocycles. The average molecular weight is 392 g/mol. The van der Waals surface area contributed by atoms with Crippen molar-refractivity contribution in [3.05, 3.63) is 35.9 Å². The van der Waals surface area contributed by atoms with Crippen LogP contribution >= 0.6 is 12.4 Å². The summed E-state index contributed by atoms with van der Waals surface area (Å²) in [6.45, 7) is 6.50. The first-order valence-electron chi connectivity index (χ1n) is 9.92. The normalized spacial score (nSPS) is 25.5. The van der Waals surface area contributed by atoms with Crippen molar-refractivity contribution in [1.29, 1.82) is 0 Å². The van der Waals surface area contributed by atoms with Crippen LogP contribution in [0.5, 0.6) is 0 Å². The summed E-state index contributed by atoms with van der Waals surface area (Å²) in [5.41, 5.74) is 1.54. The van der Waals surface area contributed by atoms with E-state index in [-0.39, 0.29) is 36.2 Å². The van der Waals surface area contributed by atoms with Crippen LogP contribution in [0.1, 0.15) is 44.2 Å². The number of benzene rings is 1. The minimum absolute atomic E-state index is 0. The number of carbonyl (C=O) groups is 2. The molecule has 0 bridgehead atoms. The summed E-state index contributed by atoms with van der Waals surface area (Å²) in [5, 5.41) is 3.47. The van der Waals surface area contributed by atoms with E-state index in [1.165, 1.54) is 6.42 Å². The maximum absolute atomic E-state index is 13.0. The molecule has 0 aliphatic carbocycles. The molecule has 3 heterocycles. The van der Waals surface area contributed by atoms with Crippen molar-refractivity contribution in [2.24, 2.45) is 11.3 Å². The van der Waals surface area contributed by atoms with Gasteiger partial charge in [0.25, 0.3) is 0 Å². The molecule has 0 saturated carbocycles. The molecule has 0 radical (unpaired) electrons. The van der Waals surface area contributed by atoms with Gasteiger partial charge >= 0.3 is 0 Å². The first-order chi connectivity index (χ1) is 12.6. The molecule has 2 amide bonds. The van der Waals surface area contributed by atoms with E-state index < -0.39 is 0 Å². The van der Waals surface area contributed by atoms with Crippen LogP contribution < -0.4 is 5.32 Å². The van der Waals surface area contributed by atoms with Crippen molar-refractivity contribution in [2.45, 2.75) is 38.6 Å². The van der Waals surface area contributed by atoms with Crippen LogP contribution in [0.25, 0.3) is 0 Å². The van der Waals surface area contributed by atoms with Crippen LogP contribution in [0.15, 0.2) is 30.3 Å². The molecule has 1 aromatic rings. The van der Waals surface area contributed by atoms with Gasteiger partial charge in [-0.2, -0.15) is 0 Å². The third-order valence-corrected chi connectivity index (χ3v) is 6.73. The van der Waals surface area contributed by atoms with E-state index >= 15 is 0 Å². The second kappa shape index (κ2) is 8.19. The Morgan fingerprint density at radius 3 is 2.52 bits per heavy atom. The van der Waals surface area contributed by atoms with Crippen molar-refractivity contribution in [3.63, 3.8) is 0 Å². The topological polar surface area (TPSA) is 52.7 Å². The van der Waals surface area contributed by atoms with E-state index in [1.54, 1.807) is 0 Å². The molecule has 3 saturated heterocycles. The number of halogens is 1. The molecular weight excluding hydrogens is 362 g/mol. The van der Waals surface area contributed by atoms with Crippen molar-refractivity contribution in [1.82, 2.24) is 15.1 Å². The Morgan fingerprint density at radius 1 is 1.19 bits per heavy atom. The van der Waals surface area contributed by atoms with Gasteiger partial charge in [0.2, 0.25) is 11.8 Å². The zero-order valence-corrected chi connectivity index (χ0v) is 16.8. The lowest BCUT2D eigenvalue weighted by Crippen LogP contribution is -2.46. The first-order valence-corrected chi connectivity index (χ1v) is 9.92. The van der Waals surface area contributed by atoms with Crippen molar-refractivity contribution in [3.8, 4) is 0 Å². The smallest absolute Gasteiger partial charge is 0.227 e. The van der Waals surface area contributed by atoms with Crippen LogP contribution in [0, 0.1) is 11.3 Å². The van der Waals surface area contributed by atoms with Gasteiger partial charge in [0, 0.05) is 32.6 Å². The van der Waals surface area contributed by atoms with Gasteiger partial charge in [-0.1, -0.05) is 30.3 Å². The predicted octanol–water partition coefficient (Wildman–Crippen LogP) is 2.62. The van der Waals surface area contributed by atoms with Gasteiger partial charge < -0.3 is 15.1 Å². The van der Waals surface area contributed by atoms with Gasteiger partial charge in [-0.15, -0.1) is 12.4 Å². The fraction of sp³-hybridized carbons (Fsp3) is 0.619. The highest BCUT2D eigenvalue weighted by molar-refractivity contribution is 5.89. The molecule has 4 rings (SSSR count). The number of rotatable bonds is 3. The van der Waals surface area contributed by atoms with Crippen LogP contribution in [-0.4, -0.2) is 54.3 Å². The number of carbonyl (C=O) groups excluding carboxylic acids is 2. The molecule has 1 spiro atoms. The lowest BCUT2D eigenvalue weighted by Gasteiger charge is -2.39. The molecule has 0 aromatic heterocycles. The molecule has 3 aliphatic rings. The second-order valence-corrected chi connectivity index (χ2v) is 8.29. The Kier molecular flexibility index (Phi) is 6.11. The van der Waals surface area contributed by atoms with E-state index in [1.807, 2.05) is 40.1 Å². The fourth-order valence-electron chi connectivity index (χ4n) is 4.86. The lowest BCUT2D eigenvalue weighted by molar-refractivity contribution is -0.138. The molecule has 148 valence electrons. The lowest BCUT2D eigenvalue weighted by atomic mass is 9.77. The molecule has 1 N–H and O–H groups in total. The highest BCUT2D eigenvalue weighted by Crippen LogP contribution is 2.38. The van der Waals surface area contributed by atoms with E-state index in [4.69, 9.17) is 0 Å². The SMILES string of the molecule is CC(c1ccccc1)N1CC(C(=O)N2CCC3(CCNC3)CC2)CC1=O.Cl. The Labute approximate surface area is 167 Å². The highest BCUT2D eigenvalue weighted by Gasteiger charge is 2.42. The summed E-state index contributed by atoms with van der Waals surface area (Å²) in [6.07, 6.45) is 3.78. The van der Waals surface area contributed by atoms with Gasteiger partial charge in [-0.3, -0.25) is 9.59 Å². The summed E-state index contributed by atoms with van der Waals surface area (Å²) in [6, 6.07) is 10.1. The van der Waals surface area contributed by atoms with Crippen LogP contribution in [-0.2, 0) is 9.59 Å². The maximum Gasteiger partial charge on any atom is 0.227 e. The summed E-state index contributed by atoms with van der Waals surface area (Å²) in [5.74, 6) is 0.111. The maximum atomic E-state index is 13.0. The number of hydrogen-bond donors (Lipinski definition) is 1. The fourth-order valence-corrected chi connectivity index (χ4v) is 4.86. The number of amides is 2. The third kappa shape index (κ3) is 3.99. The standard InChI is InChI=1S/C21H29N3O2.ClH/c1-16(17-5-3-2-4-6-17)24-14-18(13-19(24)25)20(26)23-11-8-21(9-12-23)7-10-22-15-21;/h2-6,16,18,22H,7-15H2,1H3;1H. The van der Waals surface area contributed by atoms with E-state index in [0.29, 0.717) is 18.4 Å². The van der Waals surface area contributed by atoms with E-state index in [2.05, 4.69) is 12.2 Å². The van der Waals surface area contributed by atoms with E-state index in [0.717, 1.165) is 44.6 Å². The van der Waals surface area contributed by atoms with Gasteiger partial charge in [-0.05, 0) is 43.7 Å². The Hall–Kier alpha value is -1.59. The number of nitrogens with zero attached hydrogens (tertiary/aromatic N) is 2. The van der Waals surface area contributed by atoms with Crippen molar-refractivity contribution >= 4 is 24.2 Å². The van der Waals surface area contributed by atoms with Crippen molar-refractivity contribution < 1.29 is 9.59 Å². The summed E-state index contributed by atoms with van der Waals surface area (Å²) >= 11 is 0. The van der Waals surface area contributed by atoms with Gasteiger partial charge in [0.15, 0.2) is 0 Å². The Bertz CT molecular complexity index is 665. The molecule has 2 unspecified atom stereocenters. The second-order valence-electron chi connectivity index (χ2n) is 8.29. The van der Waals surface area contributed by atoms with Crippen LogP contribution in [0.3, 0.4) is 0 Å². The van der Waals surface area contributed by atoms with Gasteiger partial charge in [0.1, 0.15) is 0 Å². The number of nitrogens with one attached hydrogen (secondary N) is 1. The third-order valence-electron chi connectivity index (χ3n) is 6.73. The minimum atomic E-state index is -0.176. The van der Waals surface area contributed by atoms with Gasteiger partial charge in [0.05, 0.1) is 12.0 Å². The van der Waals surface area contributed by atoms with Gasteiger partial charge in [-0.25, -0.2) is 0 Å². The molecule has 2 atom stereocenters. The number of likely N-dealkylation sites (tertiary alicyclic amines) is 2. The minimum Gasteiger partial charge on any atom is -0.342 e. The van der Waals surface area contributed by atoms with E-state index in [9.17, 15) is 9.59 Å². The summed E-state index contributed by atoms with van der Waals surface area (Å²) in [4.78, 5) is 29.4. The van der Waals surface area contributed by atoms with Crippen molar-refractivity contribution in [2.75, 3.05) is 32.7 Å². The molecule has 27 heavy (non-hydrogen) atoms. The highest BCUT2D eigenvalue weighted by atomic mass is 35.5. The summed E-state index contributed by atoms with van der Waals surface area (Å²) in [7, 11) is 0. The molecule has 6 heteroatoms. The number of hydrogen-bond acceptors (Lipinski definition) is 3. The Morgan fingerprint density at radius 2 is 1.89 bits per heavy atom. The quantitative estimate of drug-likeness (QED) is 0.861. The molecule has 5 nitrogen and oxygen atoms in total. The average Bonchev–Trinajstić information content (AvgIpc) is 3.29. The zero-order chi connectivity index (χ0) is 18.1. The Balaban J connectivity index is 0.00000210. The zero-order valence-electron chi connectivity index (χ0n) is 16.0. The molecule has 3 fully saturated rings.